The molecule has 2 aromatic heterocycles. The molecule has 0 spiro atoms. The molecule has 3 heterocycles. The monoisotopic (exact) mass is 456 g/mol. The number of thiophene rings is 1. The maximum atomic E-state index is 14.3. The smallest absolute Gasteiger partial charge is 0.348 e. The largest absolute Gasteiger partial charge is 0.465 e. The lowest BCUT2D eigenvalue weighted by Crippen LogP contribution is -2.31. The highest BCUT2D eigenvalue weighted by Gasteiger charge is 2.24. The topological polar surface area (TPSA) is 53.3 Å². The average Bonchev–Trinajstić information content (AvgIpc) is 3.13. The maximum Gasteiger partial charge on any atom is 0.348 e. The van der Waals surface area contributed by atoms with Crippen LogP contribution in [-0.4, -0.2) is 35.3 Å². The van der Waals surface area contributed by atoms with Crippen molar-refractivity contribution in [3.05, 3.63) is 50.6 Å². The molecule has 0 unspecified atom stereocenters. The van der Waals surface area contributed by atoms with E-state index in [9.17, 15) is 13.6 Å². The van der Waals surface area contributed by atoms with Crippen molar-refractivity contribution in [1.29, 1.82) is 0 Å². The second kappa shape index (κ2) is 7.29. The molecule has 0 radical (unpaired) electrons. The number of hydrogen-bond acceptors (Lipinski definition) is 5. The predicted octanol–water partition coefficient (Wildman–Crippen LogP) is 4.30. The summed E-state index contributed by atoms with van der Waals surface area (Å²) in [6.45, 7) is 1.26. The zero-order chi connectivity index (χ0) is 19.1. The van der Waals surface area contributed by atoms with Gasteiger partial charge in [0.1, 0.15) is 27.2 Å². The van der Waals surface area contributed by atoms with Gasteiger partial charge in [0, 0.05) is 13.0 Å². The highest BCUT2D eigenvalue weighted by Crippen LogP contribution is 2.30. The molecule has 1 atom stereocenters. The second-order valence-corrected chi connectivity index (χ2v) is 8.13. The number of esters is 1. The minimum atomic E-state index is -0.526. The van der Waals surface area contributed by atoms with E-state index in [0.717, 1.165) is 18.0 Å². The average molecular weight is 457 g/mol. The Hall–Kier alpha value is -1.84. The van der Waals surface area contributed by atoms with E-state index in [1.165, 1.54) is 24.5 Å². The Bertz CT molecular complexity index is 1030. The number of nitrogens with zero attached hydrogens (tertiary/aromatic N) is 2. The van der Waals surface area contributed by atoms with Crippen molar-refractivity contribution < 1.29 is 23.0 Å². The Morgan fingerprint density at radius 1 is 1.41 bits per heavy atom. The molecule has 0 N–H and O–H groups in total. The number of fused-ring (bicyclic) bond motifs is 1. The van der Waals surface area contributed by atoms with E-state index < -0.39 is 17.6 Å². The van der Waals surface area contributed by atoms with Crippen molar-refractivity contribution >= 4 is 43.6 Å². The molecule has 1 fully saturated rings. The van der Waals surface area contributed by atoms with Gasteiger partial charge in [-0.1, -0.05) is 0 Å². The first-order chi connectivity index (χ1) is 13.0. The summed E-state index contributed by atoms with van der Waals surface area (Å²) >= 11 is 4.20. The lowest BCUT2D eigenvalue weighted by molar-refractivity contribution is -0.0589. The van der Waals surface area contributed by atoms with Crippen LogP contribution >= 0.6 is 27.3 Å². The Labute approximate surface area is 166 Å². The molecule has 3 aromatic rings. The van der Waals surface area contributed by atoms with Gasteiger partial charge in [0.15, 0.2) is 0 Å². The van der Waals surface area contributed by atoms with Crippen molar-refractivity contribution in [2.45, 2.75) is 25.5 Å². The molecule has 4 rings (SSSR count). The standard InChI is InChI=1S/C18H15BrF2N2O3S/c1-25-18(24)15-7-14-17(27-15)22-16(23(14)8-10-2-3-26-10)5-9-4-13(21)11(19)6-12(9)20/h4,6-7,10H,2-3,5,8H2,1H3/t10-/m0/s1. The molecule has 142 valence electrons. The van der Waals surface area contributed by atoms with E-state index in [0.29, 0.717) is 28.7 Å². The number of halogens is 3. The third kappa shape index (κ3) is 3.51. The zero-order valence-corrected chi connectivity index (χ0v) is 16.7. The third-order valence-corrected chi connectivity index (χ3v) is 6.14. The van der Waals surface area contributed by atoms with E-state index in [1.54, 1.807) is 6.07 Å². The van der Waals surface area contributed by atoms with Crippen LogP contribution in [0.2, 0.25) is 0 Å². The minimum Gasteiger partial charge on any atom is -0.465 e. The van der Waals surface area contributed by atoms with Crippen LogP contribution in [0.3, 0.4) is 0 Å². The lowest BCUT2D eigenvalue weighted by Gasteiger charge is -2.27. The molecular weight excluding hydrogens is 442 g/mol. The number of carbonyl (C=O) groups excluding carboxylic acids is 1. The maximum absolute atomic E-state index is 14.3. The van der Waals surface area contributed by atoms with Gasteiger partial charge >= 0.3 is 5.97 Å². The van der Waals surface area contributed by atoms with Gasteiger partial charge in [-0.3, -0.25) is 0 Å². The van der Waals surface area contributed by atoms with Gasteiger partial charge in [0.2, 0.25) is 0 Å². The number of ether oxygens (including phenoxy) is 2. The van der Waals surface area contributed by atoms with Crippen LogP contribution in [0.25, 0.3) is 10.3 Å². The summed E-state index contributed by atoms with van der Waals surface area (Å²) < 4.78 is 40.4. The molecule has 1 aliphatic rings. The first-order valence-electron chi connectivity index (χ1n) is 8.28. The summed E-state index contributed by atoms with van der Waals surface area (Å²) in [5, 5.41) is 0. The van der Waals surface area contributed by atoms with E-state index in [2.05, 4.69) is 20.9 Å². The molecule has 27 heavy (non-hydrogen) atoms. The van der Waals surface area contributed by atoms with Crippen LogP contribution in [0.1, 0.15) is 27.5 Å². The number of benzene rings is 1. The van der Waals surface area contributed by atoms with Crippen LogP contribution in [0.5, 0.6) is 0 Å². The van der Waals surface area contributed by atoms with E-state index in [1.807, 2.05) is 4.57 Å². The summed E-state index contributed by atoms with van der Waals surface area (Å²) in [6, 6.07) is 4.01. The first kappa shape index (κ1) is 18.5. The number of imidazole rings is 1. The summed E-state index contributed by atoms with van der Waals surface area (Å²) in [5.41, 5.74) is 0.987. The second-order valence-electron chi connectivity index (χ2n) is 6.25. The Kier molecular flexibility index (Phi) is 5.00. The molecule has 9 heteroatoms. The summed E-state index contributed by atoms with van der Waals surface area (Å²) in [4.78, 5) is 17.5. The highest BCUT2D eigenvalue weighted by atomic mass is 79.9. The van der Waals surface area contributed by atoms with E-state index >= 15 is 0 Å². The van der Waals surface area contributed by atoms with Gasteiger partial charge in [0.25, 0.3) is 0 Å². The minimum absolute atomic E-state index is 0.0501. The number of methoxy groups -OCH3 is 1. The first-order valence-corrected chi connectivity index (χ1v) is 9.89. The fourth-order valence-corrected chi connectivity index (χ4v) is 4.29. The highest BCUT2D eigenvalue weighted by molar-refractivity contribution is 9.10. The van der Waals surface area contributed by atoms with Crippen LogP contribution in [-0.2, 0) is 22.4 Å². The predicted molar refractivity (Wildman–Crippen MR) is 100 cm³/mol. The van der Waals surface area contributed by atoms with Gasteiger partial charge in [-0.15, -0.1) is 11.3 Å². The molecule has 0 amide bonds. The van der Waals surface area contributed by atoms with Crippen molar-refractivity contribution in [2.24, 2.45) is 0 Å². The summed E-state index contributed by atoms with van der Waals surface area (Å²) in [7, 11) is 1.33. The molecule has 5 nitrogen and oxygen atoms in total. The fourth-order valence-electron chi connectivity index (χ4n) is 3.00. The number of hydrogen-bond donors (Lipinski definition) is 0. The summed E-state index contributed by atoms with van der Waals surface area (Å²) in [6.07, 6.45) is 1.11. The molecule has 0 saturated carbocycles. The van der Waals surface area contributed by atoms with Gasteiger partial charge in [-0.2, -0.15) is 0 Å². The third-order valence-electron chi connectivity index (χ3n) is 4.53. The van der Waals surface area contributed by atoms with Crippen molar-refractivity contribution in [2.75, 3.05) is 13.7 Å². The quantitative estimate of drug-likeness (QED) is 0.424. The molecule has 0 bridgehead atoms. The van der Waals surface area contributed by atoms with Crippen LogP contribution in [0.4, 0.5) is 8.78 Å². The SMILES string of the molecule is COC(=O)c1cc2c(nc(Cc3cc(F)c(Br)cc3F)n2C[C@@H]2CCO2)s1. The van der Waals surface area contributed by atoms with Crippen molar-refractivity contribution in [1.82, 2.24) is 9.55 Å². The van der Waals surface area contributed by atoms with Crippen LogP contribution < -0.4 is 0 Å². The molecule has 1 saturated heterocycles. The van der Waals surface area contributed by atoms with E-state index in [4.69, 9.17) is 9.47 Å². The fraction of sp³-hybridized carbons (Fsp3) is 0.333. The van der Waals surface area contributed by atoms with Gasteiger partial charge in [0.05, 0.1) is 29.7 Å². The van der Waals surface area contributed by atoms with E-state index in [-0.39, 0.29) is 22.6 Å². The van der Waals surface area contributed by atoms with Gasteiger partial charge in [-0.25, -0.2) is 18.6 Å². The molecule has 0 aliphatic carbocycles. The van der Waals surface area contributed by atoms with Crippen LogP contribution in [0.15, 0.2) is 22.7 Å². The molecule has 1 aromatic carbocycles. The summed E-state index contributed by atoms with van der Waals surface area (Å²) in [5.74, 6) is -0.853. The van der Waals surface area contributed by atoms with Crippen LogP contribution in [0, 0.1) is 11.6 Å². The Morgan fingerprint density at radius 3 is 2.85 bits per heavy atom. The number of rotatable bonds is 5. The Balaban J connectivity index is 1.74. The number of carbonyl (C=O) groups is 1. The molecule has 1 aliphatic heterocycles. The van der Waals surface area contributed by atoms with Crippen molar-refractivity contribution in [3.8, 4) is 0 Å². The Morgan fingerprint density at radius 2 is 2.19 bits per heavy atom. The molecular formula is C18H15BrF2N2O3S. The van der Waals surface area contributed by atoms with Gasteiger partial charge in [-0.05, 0) is 46.1 Å². The lowest BCUT2D eigenvalue weighted by atomic mass is 10.1. The zero-order valence-electron chi connectivity index (χ0n) is 14.3. The van der Waals surface area contributed by atoms with Gasteiger partial charge < -0.3 is 14.0 Å². The number of aromatic nitrogens is 2. The normalized spacial score (nSPS) is 16.5. The van der Waals surface area contributed by atoms with Crippen molar-refractivity contribution in [3.63, 3.8) is 0 Å².